The highest BCUT2D eigenvalue weighted by Crippen LogP contribution is 2.19. The molecule has 0 aromatic heterocycles. The quantitative estimate of drug-likeness (QED) is 0.735. The smallest absolute Gasteiger partial charge is 0.234 e. The van der Waals surface area contributed by atoms with Gasteiger partial charge >= 0.3 is 0 Å². The van der Waals surface area contributed by atoms with Crippen molar-refractivity contribution in [2.24, 2.45) is 11.8 Å². The highest BCUT2D eigenvalue weighted by Gasteiger charge is 2.25. The van der Waals surface area contributed by atoms with Crippen molar-refractivity contribution >= 4 is 5.91 Å². The number of piperidine rings is 1. The van der Waals surface area contributed by atoms with E-state index in [4.69, 9.17) is 0 Å². The average Bonchev–Trinajstić information content (AvgIpc) is 2.37. The molecule has 0 aromatic carbocycles. The van der Waals surface area contributed by atoms with Crippen molar-refractivity contribution in [1.82, 2.24) is 15.5 Å². The number of rotatable bonds is 7. The van der Waals surface area contributed by atoms with E-state index in [1.807, 2.05) is 0 Å². The van der Waals surface area contributed by atoms with E-state index < -0.39 is 0 Å². The summed E-state index contributed by atoms with van der Waals surface area (Å²) in [4.78, 5) is 14.2. The molecule has 0 saturated carbocycles. The average molecular weight is 269 g/mol. The van der Waals surface area contributed by atoms with Crippen LogP contribution >= 0.6 is 0 Å². The molecule has 1 amide bonds. The standard InChI is InChI=1S/C15H31N3O/c1-5-16-13(4)14-7-6-8-18(10-14)11-15(19)17-9-12(2)3/h12-14,16H,5-11H2,1-4H3,(H,17,19). The monoisotopic (exact) mass is 269 g/mol. The lowest BCUT2D eigenvalue weighted by molar-refractivity contribution is -0.122. The second-order valence-corrected chi connectivity index (χ2v) is 6.18. The van der Waals surface area contributed by atoms with Crippen molar-refractivity contribution in [1.29, 1.82) is 0 Å². The molecule has 1 aliphatic rings. The summed E-state index contributed by atoms with van der Waals surface area (Å²) in [6, 6.07) is 0.548. The van der Waals surface area contributed by atoms with E-state index in [9.17, 15) is 4.79 Å². The molecule has 1 saturated heterocycles. The summed E-state index contributed by atoms with van der Waals surface area (Å²) in [5, 5.41) is 6.50. The number of amides is 1. The lowest BCUT2D eigenvalue weighted by atomic mass is 9.91. The van der Waals surface area contributed by atoms with E-state index in [1.54, 1.807) is 0 Å². The van der Waals surface area contributed by atoms with E-state index in [2.05, 4.69) is 43.2 Å². The zero-order chi connectivity index (χ0) is 14.3. The minimum absolute atomic E-state index is 0.172. The van der Waals surface area contributed by atoms with Gasteiger partial charge in [-0.25, -0.2) is 0 Å². The van der Waals surface area contributed by atoms with Crippen LogP contribution in [0.15, 0.2) is 0 Å². The molecule has 0 spiro atoms. The highest BCUT2D eigenvalue weighted by atomic mass is 16.2. The Hall–Kier alpha value is -0.610. The Labute approximate surface area is 118 Å². The SMILES string of the molecule is CCNC(C)C1CCCN(CC(=O)NCC(C)C)C1. The van der Waals surface area contributed by atoms with E-state index in [-0.39, 0.29) is 5.91 Å². The summed E-state index contributed by atoms with van der Waals surface area (Å²) in [6.45, 7) is 13.1. The Morgan fingerprint density at radius 1 is 1.37 bits per heavy atom. The third-order valence-corrected chi connectivity index (χ3v) is 3.85. The first-order valence-electron chi connectivity index (χ1n) is 7.75. The molecule has 2 atom stereocenters. The molecule has 112 valence electrons. The van der Waals surface area contributed by atoms with Crippen LogP contribution in [0.2, 0.25) is 0 Å². The molecule has 0 aliphatic carbocycles. The summed E-state index contributed by atoms with van der Waals surface area (Å²) >= 11 is 0. The predicted octanol–water partition coefficient (Wildman–Crippen LogP) is 1.47. The van der Waals surface area contributed by atoms with Crippen LogP contribution in [0.3, 0.4) is 0 Å². The van der Waals surface area contributed by atoms with Crippen LogP contribution in [0.25, 0.3) is 0 Å². The van der Waals surface area contributed by atoms with Gasteiger partial charge in [-0.1, -0.05) is 20.8 Å². The normalized spacial score (nSPS) is 22.5. The summed E-state index contributed by atoms with van der Waals surface area (Å²) in [5.41, 5.74) is 0. The molecule has 2 unspecified atom stereocenters. The Morgan fingerprint density at radius 2 is 2.11 bits per heavy atom. The van der Waals surface area contributed by atoms with Crippen LogP contribution in [0.5, 0.6) is 0 Å². The molecular weight excluding hydrogens is 238 g/mol. The van der Waals surface area contributed by atoms with Crippen molar-refractivity contribution in [2.75, 3.05) is 32.7 Å². The van der Waals surface area contributed by atoms with Gasteiger partial charge in [0.15, 0.2) is 0 Å². The van der Waals surface area contributed by atoms with Crippen molar-refractivity contribution in [3.05, 3.63) is 0 Å². The fourth-order valence-electron chi connectivity index (χ4n) is 2.71. The first-order valence-corrected chi connectivity index (χ1v) is 7.75. The van der Waals surface area contributed by atoms with E-state index in [0.29, 0.717) is 24.4 Å². The minimum Gasteiger partial charge on any atom is -0.355 e. The predicted molar refractivity (Wildman–Crippen MR) is 80.2 cm³/mol. The third kappa shape index (κ3) is 6.39. The van der Waals surface area contributed by atoms with Gasteiger partial charge in [-0.15, -0.1) is 0 Å². The molecule has 0 bridgehead atoms. The van der Waals surface area contributed by atoms with Crippen molar-refractivity contribution in [2.45, 2.75) is 46.6 Å². The first kappa shape index (κ1) is 16.4. The van der Waals surface area contributed by atoms with Crippen molar-refractivity contribution < 1.29 is 4.79 Å². The zero-order valence-corrected chi connectivity index (χ0v) is 13.0. The number of likely N-dealkylation sites (tertiary alicyclic amines) is 1. The molecule has 4 nitrogen and oxygen atoms in total. The maximum Gasteiger partial charge on any atom is 0.234 e. The Kier molecular flexibility index (Phi) is 7.39. The van der Waals surface area contributed by atoms with Gasteiger partial charge in [-0.2, -0.15) is 0 Å². The second kappa shape index (κ2) is 8.54. The molecule has 0 radical (unpaired) electrons. The largest absolute Gasteiger partial charge is 0.355 e. The van der Waals surface area contributed by atoms with Gasteiger partial charge in [-0.3, -0.25) is 9.69 Å². The highest BCUT2D eigenvalue weighted by molar-refractivity contribution is 5.78. The fraction of sp³-hybridized carbons (Fsp3) is 0.933. The second-order valence-electron chi connectivity index (χ2n) is 6.18. The van der Waals surface area contributed by atoms with Crippen LogP contribution in [0, 0.1) is 11.8 Å². The number of hydrogen-bond donors (Lipinski definition) is 2. The molecule has 1 heterocycles. The summed E-state index contributed by atoms with van der Waals surface area (Å²) in [6.07, 6.45) is 2.48. The van der Waals surface area contributed by atoms with Crippen LogP contribution in [0.1, 0.15) is 40.5 Å². The number of nitrogens with zero attached hydrogens (tertiary/aromatic N) is 1. The van der Waals surface area contributed by atoms with Crippen LogP contribution in [-0.4, -0.2) is 49.6 Å². The summed E-state index contributed by atoms with van der Waals surface area (Å²) in [7, 11) is 0. The number of carbonyl (C=O) groups excluding carboxylic acids is 1. The molecule has 1 fully saturated rings. The van der Waals surface area contributed by atoms with Gasteiger partial charge in [0.05, 0.1) is 6.54 Å². The topological polar surface area (TPSA) is 44.4 Å². The number of hydrogen-bond acceptors (Lipinski definition) is 3. The van der Waals surface area contributed by atoms with Gasteiger partial charge in [0.25, 0.3) is 0 Å². The molecule has 2 N–H and O–H groups in total. The van der Waals surface area contributed by atoms with Crippen LogP contribution in [-0.2, 0) is 4.79 Å². The minimum atomic E-state index is 0.172. The maximum atomic E-state index is 11.8. The molecule has 4 heteroatoms. The Morgan fingerprint density at radius 3 is 2.74 bits per heavy atom. The number of carbonyl (C=O) groups is 1. The van der Waals surface area contributed by atoms with Gasteiger partial charge in [-0.05, 0) is 44.7 Å². The molecular formula is C15H31N3O. The number of nitrogens with one attached hydrogen (secondary N) is 2. The fourth-order valence-corrected chi connectivity index (χ4v) is 2.71. The van der Waals surface area contributed by atoms with Gasteiger partial charge in [0.1, 0.15) is 0 Å². The van der Waals surface area contributed by atoms with Crippen LogP contribution < -0.4 is 10.6 Å². The maximum absolute atomic E-state index is 11.8. The van der Waals surface area contributed by atoms with Gasteiger partial charge in [0, 0.05) is 19.1 Å². The summed E-state index contributed by atoms with van der Waals surface area (Å²) in [5.74, 6) is 1.36. The van der Waals surface area contributed by atoms with Crippen LogP contribution in [0.4, 0.5) is 0 Å². The molecule has 19 heavy (non-hydrogen) atoms. The zero-order valence-electron chi connectivity index (χ0n) is 13.0. The summed E-state index contributed by atoms with van der Waals surface area (Å²) < 4.78 is 0. The Bertz CT molecular complexity index is 268. The third-order valence-electron chi connectivity index (χ3n) is 3.85. The Balaban J connectivity index is 2.32. The molecule has 0 aromatic rings. The van der Waals surface area contributed by atoms with E-state index in [0.717, 1.165) is 26.2 Å². The van der Waals surface area contributed by atoms with E-state index in [1.165, 1.54) is 12.8 Å². The lowest BCUT2D eigenvalue weighted by Gasteiger charge is -2.35. The van der Waals surface area contributed by atoms with E-state index >= 15 is 0 Å². The molecule has 1 aliphatic heterocycles. The van der Waals surface area contributed by atoms with Gasteiger partial charge < -0.3 is 10.6 Å². The first-order chi connectivity index (χ1) is 9.02. The van der Waals surface area contributed by atoms with Gasteiger partial charge in [0.2, 0.25) is 5.91 Å². The molecule has 1 rings (SSSR count). The van der Waals surface area contributed by atoms with Crippen molar-refractivity contribution in [3.63, 3.8) is 0 Å². The van der Waals surface area contributed by atoms with Crippen molar-refractivity contribution in [3.8, 4) is 0 Å². The lowest BCUT2D eigenvalue weighted by Crippen LogP contribution is -2.47.